The third-order valence-electron chi connectivity index (χ3n) is 5.54. The smallest absolute Gasteiger partial charge is 0.271 e. The van der Waals surface area contributed by atoms with E-state index >= 15 is 0 Å². The second-order valence-corrected chi connectivity index (χ2v) is 8.49. The van der Waals surface area contributed by atoms with E-state index in [9.17, 15) is 19.7 Å². The van der Waals surface area contributed by atoms with Crippen LogP contribution in [0.5, 0.6) is 0 Å². The molecule has 2 heterocycles. The fraction of sp³-hybridized carbons (Fsp3) is 0.174. The van der Waals surface area contributed by atoms with Crippen LogP contribution in [0, 0.1) is 10.1 Å². The van der Waals surface area contributed by atoms with Crippen LogP contribution in [0.25, 0.3) is 6.08 Å². The summed E-state index contributed by atoms with van der Waals surface area (Å²) in [4.78, 5) is 41.9. The minimum atomic E-state index is -0.487. The molecule has 31 heavy (non-hydrogen) atoms. The molecule has 2 aliphatic rings. The molecule has 8 heteroatoms. The van der Waals surface area contributed by atoms with Gasteiger partial charge < -0.3 is 0 Å². The molecule has 1 unspecified atom stereocenters. The van der Waals surface area contributed by atoms with Crippen LogP contribution in [-0.4, -0.2) is 15.3 Å². The topological polar surface area (TPSA) is 94.6 Å². The Morgan fingerprint density at radius 2 is 1.81 bits per heavy atom. The predicted molar refractivity (Wildman–Crippen MR) is 116 cm³/mol. The monoisotopic (exact) mass is 431 g/mol. The van der Waals surface area contributed by atoms with Gasteiger partial charge in [0.1, 0.15) is 0 Å². The van der Waals surface area contributed by atoms with Gasteiger partial charge in [0.15, 0.2) is 10.6 Å². The van der Waals surface area contributed by atoms with Gasteiger partial charge in [-0.1, -0.05) is 41.7 Å². The van der Waals surface area contributed by atoms with Gasteiger partial charge in [0.05, 0.1) is 21.2 Å². The number of rotatable bonds is 3. The molecule has 1 aromatic heterocycles. The number of benzene rings is 2. The number of carbonyl (C=O) groups excluding carboxylic acids is 1. The molecule has 0 saturated heterocycles. The summed E-state index contributed by atoms with van der Waals surface area (Å²) >= 11 is 1.27. The van der Waals surface area contributed by atoms with E-state index in [4.69, 9.17) is 0 Å². The third-order valence-corrected chi connectivity index (χ3v) is 6.53. The molecular formula is C23H17N3O4S. The van der Waals surface area contributed by atoms with Crippen molar-refractivity contribution in [3.8, 4) is 0 Å². The number of non-ortho nitro benzene ring substituents is 1. The first-order valence-electron chi connectivity index (χ1n) is 9.90. The first-order valence-corrected chi connectivity index (χ1v) is 10.7. The number of Topliss-reactive ketones (excluding diaryl/α,β-unsaturated/α-hetero) is 1. The van der Waals surface area contributed by atoms with Crippen molar-refractivity contribution in [2.75, 3.05) is 0 Å². The summed E-state index contributed by atoms with van der Waals surface area (Å²) in [7, 11) is 0. The molecule has 7 nitrogen and oxygen atoms in total. The van der Waals surface area contributed by atoms with E-state index < -0.39 is 11.0 Å². The Balaban J connectivity index is 1.70. The minimum Gasteiger partial charge on any atom is -0.294 e. The summed E-state index contributed by atoms with van der Waals surface area (Å²) in [6.07, 6.45) is 3.66. The second-order valence-electron chi connectivity index (χ2n) is 7.48. The van der Waals surface area contributed by atoms with Crippen molar-refractivity contribution in [2.24, 2.45) is 4.99 Å². The van der Waals surface area contributed by atoms with Crippen LogP contribution >= 0.6 is 11.3 Å². The molecule has 0 saturated carbocycles. The number of nitrogens with zero attached hydrogens (tertiary/aromatic N) is 3. The van der Waals surface area contributed by atoms with Crippen molar-refractivity contribution < 1.29 is 9.72 Å². The van der Waals surface area contributed by atoms with Gasteiger partial charge in [-0.25, -0.2) is 4.99 Å². The van der Waals surface area contributed by atoms with Crippen molar-refractivity contribution in [1.82, 2.24) is 4.57 Å². The lowest BCUT2D eigenvalue weighted by Gasteiger charge is -2.28. The van der Waals surface area contributed by atoms with Gasteiger partial charge in [0.2, 0.25) is 0 Å². The summed E-state index contributed by atoms with van der Waals surface area (Å²) < 4.78 is 2.08. The van der Waals surface area contributed by atoms with Crippen molar-refractivity contribution in [3.05, 3.63) is 107 Å². The van der Waals surface area contributed by atoms with Crippen LogP contribution in [0.2, 0.25) is 0 Å². The third kappa shape index (κ3) is 3.34. The van der Waals surface area contributed by atoms with E-state index in [2.05, 4.69) is 4.99 Å². The van der Waals surface area contributed by atoms with Crippen LogP contribution in [0.1, 0.15) is 36.4 Å². The van der Waals surface area contributed by atoms with Gasteiger partial charge >= 0.3 is 0 Å². The molecule has 1 aliphatic heterocycles. The first-order chi connectivity index (χ1) is 15.0. The molecule has 5 rings (SSSR count). The lowest BCUT2D eigenvalue weighted by atomic mass is 9.86. The van der Waals surface area contributed by atoms with Gasteiger partial charge in [-0.15, -0.1) is 0 Å². The quantitative estimate of drug-likeness (QED) is 0.471. The second kappa shape index (κ2) is 7.55. The molecule has 0 bridgehead atoms. The number of aromatic nitrogens is 1. The average molecular weight is 431 g/mol. The standard InChI is InChI=1S/C23H17N3O4S/c27-18-8-4-7-17-20(18)21(15-5-2-1-3-6-15)25-22(28)19(31-23(25)24-17)13-14-9-11-16(12-10-14)26(29)30/h1-3,5-6,9-13,21H,4,7-8H2. The number of allylic oxidation sites excluding steroid dienone is 2. The van der Waals surface area contributed by atoms with Gasteiger partial charge in [-0.05, 0) is 42.2 Å². The van der Waals surface area contributed by atoms with Gasteiger partial charge in [-0.3, -0.25) is 24.3 Å². The molecule has 0 radical (unpaired) electrons. The van der Waals surface area contributed by atoms with Crippen LogP contribution in [-0.2, 0) is 4.79 Å². The highest BCUT2D eigenvalue weighted by molar-refractivity contribution is 7.07. The van der Waals surface area contributed by atoms with Gasteiger partial charge in [0.25, 0.3) is 11.2 Å². The van der Waals surface area contributed by atoms with Crippen molar-refractivity contribution >= 4 is 28.9 Å². The Hall–Kier alpha value is -3.65. The average Bonchev–Trinajstić information content (AvgIpc) is 3.08. The van der Waals surface area contributed by atoms with Crippen molar-refractivity contribution in [3.63, 3.8) is 0 Å². The maximum Gasteiger partial charge on any atom is 0.271 e. The van der Waals surface area contributed by atoms with E-state index in [1.807, 2.05) is 30.3 Å². The minimum absolute atomic E-state index is 0.00567. The lowest BCUT2D eigenvalue weighted by Crippen LogP contribution is -2.40. The molecule has 1 atom stereocenters. The Morgan fingerprint density at radius 3 is 2.52 bits per heavy atom. The normalized spacial score (nSPS) is 18.4. The Labute approximate surface area is 180 Å². The molecule has 0 N–H and O–H groups in total. The summed E-state index contributed by atoms with van der Waals surface area (Å²) in [6.45, 7) is 0. The zero-order valence-electron chi connectivity index (χ0n) is 16.4. The van der Waals surface area contributed by atoms with Gasteiger partial charge in [0, 0.05) is 24.1 Å². The van der Waals surface area contributed by atoms with E-state index in [-0.39, 0.29) is 17.0 Å². The molecule has 0 spiro atoms. The van der Waals surface area contributed by atoms with E-state index in [1.165, 1.54) is 23.5 Å². The largest absolute Gasteiger partial charge is 0.294 e. The van der Waals surface area contributed by atoms with E-state index in [0.717, 1.165) is 24.1 Å². The fourth-order valence-electron chi connectivity index (χ4n) is 4.10. The summed E-state index contributed by atoms with van der Waals surface area (Å²) in [5, 5.41) is 10.9. The summed E-state index contributed by atoms with van der Waals surface area (Å²) in [5.41, 5.74) is 2.73. The number of ketones is 1. The van der Waals surface area contributed by atoms with Crippen LogP contribution in [0.3, 0.4) is 0 Å². The van der Waals surface area contributed by atoms with Crippen LogP contribution in [0.4, 0.5) is 5.69 Å². The first kappa shape index (κ1) is 19.3. The Kier molecular flexibility index (Phi) is 4.71. The summed E-state index contributed by atoms with van der Waals surface area (Å²) in [6, 6.07) is 15.1. The highest BCUT2D eigenvalue weighted by Gasteiger charge is 2.34. The highest BCUT2D eigenvalue weighted by atomic mass is 32.1. The molecule has 154 valence electrons. The maximum absolute atomic E-state index is 13.4. The number of hydrogen-bond donors (Lipinski definition) is 0. The lowest BCUT2D eigenvalue weighted by molar-refractivity contribution is -0.384. The van der Waals surface area contributed by atoms with Crippen molar-refractivity contribution in [1.29, 1.82) is 0 Å². The number of carbonyl (C=O) groups is 1. The summed E-state index contributed by atoms with van der Waals surface area (Å²) in [5.74, 6) is 0.0449. The fourth-order valence-corrected chi connectivity index (χ4v) is 5.12. The molecular weight excluding hydrogens is 414 g/mol. The number of nitro benzene ring substituents is 1. The van der Waals surface area contributed by atoms with E-state index in [1.54, 1.807) is 22.8 Å². The predicted octanol–water partition coefficient (Wildman–Crippen LogP) is 2.88. The maximum atomic E-state index is 13.4. The SMILES string of the molecule is O=C1CCCC2=C1C(c1ccccc1)n1c(sc(=Cc3ccc([N+](=O)[O-])cc3)c1=O)=N2. The van der Waals surface area contributed by atoms with Gasteiger partial charge in [-0.2, -0.15) is 0 Å². The molecule has 1 aliphatic carbocycles. The Morgan fingerprint density at radius 1 is 1.06 bits per heavy atom. The highest BCUT2D eigenvalue weighted by Crippen LogP contribution is 2.35. The number of thiazole rings is 1. The molecule has 2 aromatic carbocycles. The van der Waals surface area contributed by atoms with E-state index in [0.29, 0.717) is 26.9 Å². The number of nitro groups is 1. The number of fused-ring (bicyclic) bond motifs is 1. The zero-order valence-corrected chi connectivity index (χ0v) is 17.2. The molecule has 3 aromatic rings. The zero-order chi connectivity index (χ0) is 21.5. The Bertz CT molecular complexity index is 1420. The molecule has 0 amide bonds. The number of hydrogen-bond acceptors (Lipinski definition) is 6. The van der Waals surface area contributed by atoms with Crippen LogP contribution in [0.15, 0.2) is 75.7 Å². The van der Waals surface area contributed by atoms with Crippen molar-refractivity contribution in [2.45, 2.75) is 25.3 Å². The molecule has 0 fully saturated rings. The van der Waals surface area contributed by atoms with Crippen LogP contribution < -0.4 is 14.9 Å².